The number of hydrogen-bond donors (Lipinski definition) is 1. The molecule has 0 bridgehead atoms. The number of carbonyl (C=O) groups excluding carboxylic acids is 1. The summed E-state index contributed by atoms with van der Waals surface area (Å²) in [6.45, 7) is 3.11. The van der Waals surface area contributed by atoms with Gasteiger partial charge in [-0.2, -0.15) is 5.10 Å². The van der Waals surface area contributed by atoms with Crippen molar-refractivity contribution in [1.29, 1.82) is 0 Å². The molecule has 20 heavy (non-hydrogen) atoms. The van der Waals surface area contributed by atoms with Gasteiger partial charge in [-0.25, -0.2) is 0 Å². The van der Waals surface area contributed by atoms with Crippen molar-refractivity contribution in [3.8, 4) is 0 Å². The fraction of sp³-hybridized carbons (Fsp3) is 0.714. The van der Waals surface area contributed by atoms with E-state index in [4.69, 9.17) is 22.1 Å². The summed E-state index contributed by atoms with van der Waals surface area (Å²) in [4.78, 5) is 12.8. The van der Waals surface area contributed by atoms with E-state index in [9.17, 15) is 4.79 Å². The highest BCUT2D eigenvalue weighted by Crippen LogP contribution is 2.34. The molecule has 5 nitrogen and oxygen atoms in total. The average Bonchev–Trinajstić information content (AvgIpc) is 2.76. The van der Waals surface area contributed by atoms with Gasteiger partial charge in [0.25, 0.3) is 0 Å². The average molecular weight is 300 g/mol. The second kappa shape index (κ2) is 6.24. The van der Waals surface area contributed by atoms with Gasteiger partial charge in [-0.15, -0.1) is 0 Å². The number of methoxy groups -OCH3 is 1. The zero-order chi connectivity index (χ0) is 14.8. The number of ketones is 1. The Morgan fingerprint density at radius 3 is 3.10 bits per heavy atom. The van der Waals surface area contributed by atoms with E-state index in [0.717, 1.165) is 12.8 Å². The molecule has 0 aromatic carbocycles. The number of nitrogens with zero attached hydrogens (tertiary/aromatic N) is 2. The van der Waals surface area contributed by atoms with E-state index >= 15 is 0 Å². The lowest BCUT2D eigenvalue weighted by Gasteiger charge is -2.35. The number of rotatable bonds is 5. The molecule has 0 amide bonds. The molecule has 0 radical (unpaired) electrons. The Hall–Kier alpha value is -0.910. The molecule has 2 N–H and O–H groups in total. The summed E-state index contributed by atoms with van der Waals surface area (Å²) in [5.41, 5.74) is 5.97. The van der Waals surface area contributed by atoms with Crippen LogP contribution >= 0.6 is 11.6 Å². The Labute approximate surface area is 124 Å². The quantitative estimate of drug-likeness (QED) is 0.847. The maximum absolute atomic E-state index is 12.8. The molecule has 2 unspecified atom stereocenters. The van der Waals surface area contributed by atoms with Crippen LogP contribution in [0, 0.1) is 5.92 Å². The molecule has 1 heterocycles. The SMILES string of the molecule is COCCn1ncc(Cl)c1C(=O)C1(N)CCCC(C)C1. The van der Waals surface area contributed by atoms with Crippen LogP contribution in [0.5, 0.6) is 0 Å². The third-order valence-corrected chi connectivity index (χ3v) is 4.28. The number of ether oxygens (including phenoxy) is 1. The van der Waals surface area contributed by atoms with Crippen LogP contribution < -0.4 is 5.73 Å². The molecule has 1 fully saturated rings. The minimum Gasteiger partial charge on any atom is -0.383 e. The first-order valence-corrected chi connectivity index (χ1v) is 7.39. The maximum Gasteiger partial charge on any atom is 0.202 e. The smallest absolute Gasteiger partial charge is 0.202 e. The summed E-state index contributed by atoms with van der Waals surface area (Å²) in [6, 6.07) is 0. The minimum atomic E-state index is -0.813. The van der Waals surface area contributed by atoms with Crippen molar-refractivity contribution >= 4 is 17.4 Å². The van der Waals surface area contributed by atoms with Gasteiger partial charge in [0.15, 0.2) is 0 Å². The molecule has 2 atom stereocenters. The largest absolute Gasteiger partial charge is 0.383 e. The Morgan fingerprint density at radius 1 is 1.70 bits per heavy atom. The standard InChI is InChI=1S/C14H22ClN3O2/c1-10-4-3-5-14(16,8-10)13(19)12-11(15)9-17-18(12)6-7-20-2/h9-10H,3-8,16H2,1-2H3. The van der Waals surface area contributed by atoms with Gasteiger partial charge in [0, 0.05) is 7.11 Å². The third-order valence-electron chi connectivity index (χ3n) is 4.00. The van der Waals surface area contributed by atoms with Crippen molar-refractivity contribution in [2.45, 2.75) is 44.7 Å². The number of Topliss-reactive ketones (excluding diaryl/α,β-unsaturated/α-hetero) is 1. The molecule has 1 aromatic heterocycles. The fourth-order valence-electron chi connectivity index (χ4n) is 2.97. The number of nitrogens with two attached hydrogens (primary N) is 1. The van der Waals surface area contributed by atoms with Crippen molar-refractivity contribution in [3.63, 3.8) is 0 Å². The van der Waals surface area contributed by atoms with Gasteiger partial charge in [-0.3, -0.25) is 9.48 Å². The molecular weight excluding hydrogens is 278 g/mol. The normalized spacial score (nSPS) is 26.7. The molecular formula is C14H22ClN3O2. The lowest BCUT2D eigenvalue weighted by atomic mass is 9.74. The van der Waals surface area contributed by atoms with Crippen molar-refractivity contribution < 1.29 is 9.53 Å². The van der Waals surface area contributed by atoms with Gasteiger partial charge < -0.3 is 10.5 Å². The van der Waals surface area contributed by atoms with Crippen LogP contribution in [0.1, 0.15) is 43.1 Å². The van der Waals surface area contributed by atoms with Crippen LogP contribution in [-0.4, -0.2) is 34.8 Å². The highest BCUT2D eigenvalue weighted by molar-refractivity contribution is 6.34. The van der Waals surface area contributed by atoms with Crippen LogP contribution in [0.3, 0.4) is 0 Å². The molecule has 1 saturated carbocycles. The molecule has 1 aromatic rings. The zero-order valence-corrected chi connectivity index (χ0v) is 12.8. The molecule has 1 aliphatic rings. The molecule has 1 aliphatic carbocycles. The van der Waals surface area contributed by atoms with Gasteiger partial charge >= 0.3 is 0 Å². The number of hydrogen-bond acceptors (Lipinski definition) is 4. The Morgan fingerprint density at radius 2 is 2.45 bits per heavy atom. The van der Waals surface area contributed by atoms with E-state index < -0.39 is 5.54 Å². The lowest BCUT2D eigenvalue weighted by molar-refractivity contribution is 0.0805. The van der Waals surface area contributed by atoms with Crippen molar-refractivity contribution in [2.24, 2.45) is 11.7 Å². The Kier molecular flexibility index (Phi) is 4.83. The Balaban J connectivity index is 2.26. The van der Waals surface area contributed by atoms with Gasteiger partial charge in [0.05, 0.1) is 29.9 Å². The monoisotopic (exact) mass is 299 g/mol. The highest BCUT2D eigenvalue weighted by Gasteiger charge is 2.40. The van der Waals surface area contributed by atoms with Crippen LogP contribution in [0.15, 0.2) is 6.20 Å². The van der Waals surface area contributed by atoms with E-state index in [2.05, 4.69) is 12.0 Å². The summed E-state index contributed by atoms with van der Waals surface area (Å²) in [6.07, 6.45) is 5.02. The summed E-state index contributed by atoms with van der Waals surface area (Å²) in [7, 11) is 1.61. The van der Waals surface area contributed by atoms with Gasteiger partial charge in [0.1, 0.15) is 5.69 Å². The molecule has 112 valence electrons. The topological polar surface area (TPSA) is 70.1 Å². The number of carbonyl (C=O) groups is 1. The third kappa shape index (κ3) is 3.05. The second-order valence-corrected chi connectivity index (χ2v) is 6.15. The van der Waals surface area contributed by atoms with Crippen molar-refractivity contribution in [1.82, 2.24) is 9.78 Å². The Bertz CT molecular complexity index is 489. The van der Waals surface area contributed by atoms with E-state index in [-0.39, 0.29) is 5.78 Å². The van der Waals surface area contributed by atoms with E-state index in [1.54, 1.807) is 11.8 Å². The van der Waals surface area contributed by atoms with Crippen molar-refractivity contribution in [2.75, 3.05) is 13.7 Å². The first-order valence-electron chi connectivity index (χ1n) is 7.02. The van der Waals surface area contributed by atoms with Crippen LogP contribution in [0.25, 0.3) is 0 Å². The number of halogens is 1. The summed E-state index contributed by atoms with van der Waals surface area (Å²) < 4.78 is 6.63. The summed E-state index contributed by atoms with van der Waals surface area (Å²) >= 11 is 6.14. The molecule has 0 aliphatic heterocycles. The second-order valence-electron chi connectivity index (χ2n) is 5.74. The first kappa shape index (κ1) is 15.5. The van der Waals surface area contributed by atoms with Gasteiger partial charge in [-0.05, 0) is 18.8 Å². The minimum absolute atomic E-state index is 0.0948. The summed E-state index contributed by atoms with van der Waals surface area (Å²) in [5, 5.41) is 4.52. The van der Waals surface area contributed by atoms with Crippen LogP contribution in [0.4, 0.5) is 0 Å². The molecule has 0 saturated heterocycles. The van der Waals surface area contributed by atoms with Crippen LogP contribution in [0.2, 0.25) is 5.02 Å². The van der Waals surface area contributed by atoms with E-state index in [1.807, 2.05) is 0 Å². The van der Waals surface area contributed by atoms with Crippen molar-refractivity contribution in [3.05, 3.63) is 16.9 Å². The number of aromatic nitrogens is 2. The van der Waals surface area contributed by atoms with E-state index in [1.165, 1.54) is 6.20 Å². The molecule has 0 spiro atoms. The van der Waals surface area contributed by atoms with Gasteiger partial charge in [-0.1, -0.05) is 31.4 Å². The summed E-state index contributed by atoms with van der Waals surface area (Å²) in [5.74, 6) is 0.370. The van der Waals surface area contributed by atoms with Crippen LogP contribution in [-0.2, 0) is 11.3 Å². The van der Waals surface area contributed by atoms with E-state index in [0.29, 0.717) is 42.6 Å². The lowest BCUT2D eigenvalue weighted by Crippen LogP contribution is -2.51. The highest BCUT2D eigenvalue weighted by atomic mass is 35.5. The fourth-order valence-corrected chi connectivity index (χ4v) is 3.20. The maximum atomic E-state index is 12.8. The predicted molar refractivity (Wildman–Crippen MR) is 78.0 cm³/mol. The van der Waals surface area contributed by atoms with Gasteiger partial charge in [0.2, 0.25) is 5.78 Å². The predicted octanol–water partition coefficient (Wildman–Crippen LogP) is 2.27. The zero-order valence-electron chi connectivity index (χ0n) is 12.1. The first-order chi connectivity index (χ1) is 9.48. The molecule has 2 rings (SSSR count). The molecule has 6 heteroatoms.